The Morgan fingerprint density at radius 3 is 2.29 bits per heavy atom. The van der Waals surface area contributed by atoms with Gasteiger partial charge in [0.2, 0.25) is 0 Å². The van der Waals surface area contributed by atoms with Crippen LogP contribution < -0.4 is 10.2 Å². The molecule has 0 aliphatic carbocycles. The van der Waals surface area contributed by atoms with E-state index in [1.165, 1.54) is 26.0 Å². The number of anilines is 2. The van der Waals surface area contributed by atoms with Crippen LogP contribution in [0.3, 0.4) is 0 Å². The molecule has 3 saturated heterocycles. The molecule has 0 spiro atoms. The van der Waals surface area contributed by atoms with Gasteiger partial charge in [-0.3, -0.25) is 4.90 Å². The molecule has 3 fully saturated rings. The maximum atomic E-state index is 16.2. The first-order chi connectivity index (χ1) is 22.8. The summed E-state index contributed by atoms with van der Waals surface area (Å²) in [4.78, 5) is 30.5. The number of hydrogen-bond donors (Lipinski definition) is 1. The summed E-state index contributed by atoms with van der Waals surface area (Å²) >= 11 is 0. The fourth-order valence-electron chi connectivity index (χ4n) is 7.13. The lowest BCUT2D eigenvalue weighted by Crippen LogP contribution is -2.70. The van der Waals surface area contributed by atoms with Gasteiger partial charge in [-0.15, -0.1) is 0 Å². The molecule has 3 aromatic rings. The molecular formula is C36H51F3N6O3Si. The van der Waals surface area contributed by atoms with E-state index >= 15 is 13.2 Å². The molecule has 6 rings (SSSR count). The van der Waals surface area contributed by atoms with Crippen LogP contribution in [-0.4, -0.2) is 70.6 Å². The molecule has 1 N–H and O–H groups in total. The number of benzene rings is 1. The molecule has 2 bridgehead atoms. The minimum absolute atomic E-state index is 0.0321. The van der Waals surface area contributed by atoms with Crippen LogP contribution in [0.1, 0.15) is 91.7 Å². The number of amides is 1. The zero-order chi connectivity index (χ0) is 36.1. The predicted molar refractivity (Wildman–Crippen MR) is 189 cm³/mol. The largest absolute Gasteiger partial charge is 0.444 e. The summed E-state index contributed by atoms with van der Waals surface area (Å²) in [6.45, 7) is 19.0. The average molecular weight is 701 g/mol. The van der Waals surface area contributed by atoms with E-state index in [1.54, 1.807) is 20.0 Å². The quantitative estimate of drug-likeness (QED) is 0.199. The van der Waals surface area contributed by atoms with Gasteiger partial charge in [-0.1, -0.05) is 32.9 Å². The van der Waals surface area contributed by atoms with E-state index in [4.69, 9.17) is 9.16 Å². The van der Waals surface area contributed by atoms with Gasteiger partial charge in [-0.05, 0) is 85.2 Å². The van der Waals surface area contributed by atoms with Crippen molar-refractivity contribution in [3.05, 3.63) is 53.2 Å². The molecule has 2 unspecified atom stereocenters. The van der Waals surface area contributed by atoms with Crippen molar-refractivity contribution in [3.8, 4) is 0 Å². The highest BCUT2D eigenvalue weighted by molar-refractivity contribution is 6.73. The predicted octanol–water partition coefficient (Wildman–Crippen LogP) is 8.74. The molecule has 1 amide bonds. The van der Waals surface area contributed by atoms with Crippen LogP contribution in [0.25, 0.3) is 11.0 Å². The number of pyridine rings is 1. The second-order valence-electron chi connectivity index (χ2n) is 15.0. The molecule has 13 heteroatoms. The fourth-order valence-corrected chi connectivity index (χ4v) is 10.3. The topological polar surface area (TPSA) is 92.7 Å². The lowest BCUT2D eigenvalue weighted by Gasteiger charge is -2.56. The van der Waals surface area contributed by atoms with Gasteiger partial charge in [0, 0.05) is 18.7 Å². The molecule has 3 atom stereocenters. The van der Waals surface area contributed by atoms with Crippen LogP contribution in [0.2, 0.25) is 18.1 Å². The minimum Gasteiger partial charge on any atom is -0.444 e. The summed E-state index contributed by atoms with van der Waals surface area (Å²) in [6, 6.07) is 7.52. The number of halogens is 3. The third-order valence-electron chi connectivity index (χ3n) is 10.2. The Morgan fingerprint density at radius 2 is 1.69 bits per heavy atom. The molecule has 5 heterocycles. The maximum Gasteiger partial charge on any atom is 0.410 e. The van der Waals surface area contributed by atoms with Crippen LogP contribution in [0.15, 0.2) is 30.5 Å². The van der Waals surface area contributed by atoms with Crippen molar-refractivity contribution in [2.75, 3.05) is 23.3 Å². The lowest BCUT2D eigenvalue weighted by molar-refractivity contribution is -0.161. The third kappa shape index (κ3) is 7.10. The number of piperidine rings is 1. The summed E-state index contributed by atoms with van der Waals surface area (Å²) in [7, 11) is -2.43. The van der Waals surface area contributed by atoms with Crippen LogP contribution in [0.4, 0.5) is 29.5 Å². The number of aromatic nitrogens is 3. The van der Waals surface area contributed by atoms with E-state index < -0.39 is 42.9 Å². The van der Waals surface area contributed by atoms with Gasteiger partial charge >= 0.3 is 12.0 Å². The fraction of sp³-hybridized carbons (Fsp3) is 0.611. The van der Waals surface area contributed by atoms with E-state index in [9.17, 15) is 4.79 Å². The van der Waals surface area contributed by atoms with E-state index in [-0.39, 0.29) is 23.7 Å². The Bertz CT molecular complexity index is 1680. The highest BCUT2D eigenvalue weighted by Crippen LogP contribution is 2.46. The summed E-state index contributed by atoms with van der Waals surface area (Å²) < 4.78 is 60.5. The molecule has 9 nitrogen and oxygen atoms in total. The highest BCUT2D eigenvalue weighted by atomic mass is 28.4. The highest BCUT2D eigenvalue weighted by Gasteiger charge is 2.54. The van der Waals surface area contributed by atoms with Gasteiger partial charge in [0.15, 0.2) is 14.0 Å². The SMILES string of the molecule is CC[Si](CC)(CC)OC(C)(C)C(F)(F)c1cccc([C@@H](C)Nc2nc(C)nc3ncc(N4CC5CC(C4)N5C(=O)OC(C)(C)C)cc23)c1F. The number of piperazine rings is 1. The number of hydrogen-bond acceptors (Lipinski definition) is 8. The summed E-state index contributed by atoms with van der Waals surface area (Å²) in [5.41, 5.74) is -1.77. The van der Waals surface area contributed by atoms with E-state index in [1.807, 2.05) is 52.5 Å². The zero-order valence-electron chi connectivity index (χ0n) is 30.5. The summed E-state index contributed by atoms with van der Waals surface area (Å²) in [6.07, 6.45) is 2.37. The number of fused-ring (bicyclic) bond motifs is 3. The number of ether oxygens (including phenoxy) is 1. The number of nitrogens with one attached hydrogen (secondary N) is 1. The Labute approximate surface area is 289 Å². The Hall–Kier alpha value is -3.45. The second-order valence-corrected chi connectivity index (χ2v) is 19.7. The van der Waals surface area contributed by atoms with Crippen molar-refractivity contribution >= 4 is 36.9 Å². The zero-order valence-corrected chi connectivity index (χ0v) is 31.5. The molecule has 3 aliphatic heterocycles. The maximum absolute atomic E-state index is 16.2. The van der Waals surface area contributed by atoms with Crippen LogP contribution >= 0.6 is 0 Å². The number of rotatable bonds is 11. The van der Waals surface area contributed by atoms with Gasteiger partial charge in [0.25, 0.3) is 0 Å². The first-order valence-corrected chi connectivity index (χ1v) is 19.9. The van der Waals surface area contributed by atoms with E-state index in [0.29, 0.717) is 53.9 Å². The first kappa shape index (κ1) is 36.8. The number of aryl methyl sites for hydroxylation is 1. The van der Waals surface area contributed by atoms with Gasteiger partial charge in [-0.25, -0.2) is 24.1 Å². The van der Waals surface area contributed by atoms with Gasteiger partial charge in [-0.2, -0.15) is 8.78 Å². The van der Waals surface area contributed by atoms with Gasteiger partial charge < -0.3 is 19.4 Å². The Balaban J connectivity index is 1.39. The number of carbonyl (C=O) groups is 1. The molecule has 1 aromatic carbocycles. The van der Waals surface area contributed by atoms with Crippen molar-refractivity contribution in [2.24, 2.45) is 0 Å². The molecular weight excluding hydrogens is 650 g/mol. The van der Waals surface area contributed by atoms with Crippen molar-refractivity contribution in [1.29, 1.82) is 0 Å². The summed E-state index contributed by atoms with van der Waals surface area (Å²) in [5.74, 6) is -3.68. The molecule has 268 valence electrons. The van der Waals surface area contributed by atoms with Crippen molar-refractivity contribution in [1.82, 2.24) is 19.9 Å². The van der Waals surface area contributed by atoms with E-state index in [0.717, 1.165) is 18.2 Å². The van der Waals surface area contributed by atoms with Crippen LogP contribution in [0.5, 0.6) is 0 Å². The van der Waals surface area contributed by atoms with Crippen molar-refractivity contribution in [3.63, 3.8) is 0 Å². The lowest BCUT2D eigenvalue weighted by atomic mass is 9.87. The van der Waals surface area contributed by atoms with Crippen LogP contribution in [0, 0.1) is 12.7 Å². The molecule has 0 saturated carbocycles. The van der Waals surface area contributed by atoms with Crippen LogP contribution in [-0.2, 0) is 15.1 Å². The smallest absolute Gasteiger partial charge is 0.410 e. The number of nitrogens with zero attached hydrogens (tertiary/aromatic N) is 5. The summed E-state index contributed by atoms with van der Waals surface area (Å²) in [5, 5.41) is 3.89. The molecule has 2 aromatic heterocycles. The Morgan fingerprint density at radius 1 is 1.06 bits per heavy atom. The Kier molecular flexibility index (Phi) is 10.0. The standard InChI is InChI=1S/C36H51F3N6O3Si/c1-11-49(12-2,13-3)48-35(9,10)36(38,39)29-16-14-15-27(30(29)37)22(4)41-32-28-18-24(19-40-31(28)42-23(5)43-32)44-20-25-17-26(21-44)45(25)33(46)47-34(6,7)8/h14-16,18-19,22,25-26H,11-13,17,20-21H2,1-10H3,(H,40,41,42,43)/t22-,25?,26?/m1/s1. The first-order valence-electron chi connectivity index (χ1n) is 17.4. The third-order valence-corrected chi connectivity index (χ3v) is 15.0. The normalized spacial score (nSPS) is 19.1. The monoisotopic (exact) mass is 700 g/mol. The minimum atomic E-state index is -3.59. The van der Waals surface area contributed by atoms with Gasteiger partial charge in [0.05, 0.1) is 41.0 Å². The van der Waals surface area contributed by atoms with Gasteiger partial charge in [0.1, 0.15) is 28.7 Å². The van der Waals surface area contributed by atoms with E-state index in [2.05, 4.69) is 25.2 Å². The molecule has 3 aliphatic rings. The molecule has 0 radical (unpaired) electrons. The molecule has 49 heavy (non-hydrogen) atoms. The average Bonchev–Trinajstić information content (AvgIpc) is 3.02. The second kappa shape index (κ2) is 13.4. The van der Waals surface area contributed by atoms with Crippen molar-refractivity contribution < 1.29 is 27.1 Å². The van der Waals surface area contributed by atoms with Crippen molar-refractivity contribution in [2.45, 2.75) is 129 Å². The number of carbonyl (C=O) groups excluding carboxylic acids is 1. The number of alkyl halides is 2.